The van der Waals surface area contributed by atoms with E-state index in [4.69, 9.17) is 11.6 Å². The molecule has 0 bridgehead atoms. The third-order valence-electron chi connectivity index (χ3n) is 3.33. The Labute approximate surface area is 138 Å². The summed E-state index contributed by atoms with van der Waals surface area (Å²) in [4.78, 5) is 22.2. The first-order valence-corrected chi connectivity index (χ1v) is 7.38. The van der Waals surface area contributed by atoms with Crippen molar-refractivity contribution in [1.82, 2.24) is 5.32 Å². The fraction of sp³-hybridized carbons (Fsp3) is 0.188. The number of hydrogen-bond donors (Lipinski definition) is 2. The summed E-state index contributed by atoms with van der Waals surface area (Å²) in [6.45, 7) is 0.587. The van der Waals surface area contributed by atoms with E-state index in [-0.39, 0.29) is 17.2 Å². The van der Waals surface area contributed by atoms with Crippen molar-refractivity contribution in [3.8, 4) is 0 Å². The zero-order valence-electron chi connectivity index (χ0n) is 12.5. The Balaban J connectivity index is 2.10. The minimum atomic E-state index is -0.524. The van der Waals surface area contributed by atoms with Crippen molar-refractivity contribution in [1.29, 1.82) is 0 Å². The van der Waals surface area contributed by atoms with Crippen LogP contribution in [-0.2, 0) is 6.42 Å². The summed E-state index contributed by atoms with van der Waals surface area (Å²) in [5.74, 6) is -0.373. The van der Waals surface area contributed by atoms with Crippen LogP contribution < -0.4 is 10.6 Å². The monoisotopic (exact) mass is 333 g/mol. The van der Waals surface area contributed by atoms with Crippen LogP contribution in [0.2, 0.25) is 5.02 Å². The van der Waals surface area contributed by atoms with Gasteiger partial charge >= 0.3 is 0 Å². The molecule has 0 spiro atoms. The van der Waals surface area contributed by atoms with Crippen molar-refractivity contribution in [2.75, 3.05) is 18.9 Å². The van der Waals surface area contributed by atoms with Crippen molar-refractivity contribution in [3.05, 3.63) is 68.7 Å². The molecule has 2 aromatic carbocycles. The summed E-state index contributed by atoms with van der Waals surface area (Å²) in [5, 5.41) is 17.2. The quantitative estimate of drug-likeness (QED) is 0.627. The molecule has 7 heteroatoms. The summed E-state index contributed by atoms with van der Waals surface area (Å²) in [6.07, 6.45) is 0.737. The second kappa shape index (κ2) is 7.60. The summed E-state index contributed by atoms with van der Waals surface area (Å²) in [6, 6.07) is 11.7. The van der Waals surface area contributed by atoms with Crippen LogP contribution in [0.4, 0.5) is 11.4 Å². The Bertz CT molecular complexity index is 717. The van der Waals surface area contributed by atoms with Gasteiger partial charge in [0, 0.05) is 36.4 Å². The van der Waals surface area contributed by atoms with E-state index in [1.165, 1.54) is 19.2 Å². The van der Waals surface area contributed by atoms with Gasteiger partial charge in [0.1, 0.15) is 0 Å². The number of benzene rings is 2. The highest BCUT2D eigenvalue weighted by Gasteiger charge is 2.15. The van der Waals surface area contributed by atoms with Crippen LogP contribution in [0.3, 0.4) is 0 Å². The van der Waals surface area contributed by atoms with Gasteiger partial charge in [0.2, 0.25) is 0 Å². The predicted octanol–water partition coefficient (Wildman–Crippen LogP) is 3.26. The van der Waals surface area contributed by atoms with E-state index in [9.17, 15) is 14.9 Å². The van der Waals surface area contributed by atoms with Crippen LogP contribution in [0.25, 0.3) is 0 Å². The Morgan fingerprint density at radius 3 is 2.52 bits per heavy atom. The second-order valence-corrected chi connectivity index (χ2v) is 5.31. The number of anilines is 1. The molecule has 0 atom stereocenters. The molecule has 120 valence electrons. The maximum atomic E-state index is 11.9. The van der Waals surface area contributed by atoms with Gasteiger partial charge in [0.25, 0.3) is 11.6 Å². The average Bonchev–Trinajstić information content (AvgIpc) is 2.56. The van der Waals surface area contributed by atoms with Gasteiger partial charge in [-0.3, -0.25) is 14.9 Å². The van der Waals surface area contributed by atoms with Crippen LogP contribution in [-0.4, -0.2) is 24.4 Å². The third kappa shape index (κ3) is 4.43. The van der Waals surface area contributed by atoms with Crippen LogP contribution in [0, 0.1) is 10.1 Å². The molecule has 0 radical (unpaired) electrons. The topological polar surface area (TPSA) is 84.3 Å². The van der Waals surface area contributed by atoms with E-state index < -0.39 is 4.92 Å². The van der Waals surface area contributed by atoms with Crippen molar-refractivity contribution >= 4 is 28.9 Å². The van der Waals surface area contributed by atoms with E-state index >= 15 is 0 Å². The van der Waals surface area contributed by atoms with E-state index in [2.05, 4.69) is 10.6 Å². The van der Waals surface area contributed by atoms with E-state index in [1.807, 2.05) is 24.3 Å². The smallest absolute Gasteiger partial charge is 0.270 e. The van der Waals surface area contributed by atoms with Crippen molar-refractivity contribution in [3.63, 3.8) is 0 Å². The summed E-state index contributed by atoms with van der Waals surface area (Å²) < 4.78 is 0. The molecule has 0 saturated heterocycles. The number of hydrogen-bond acceptors (Lipinski definition) is 4. The van der Waals surface area contributed by atoms with E-state index in [0.717, 1.165) is 12.0 Å². The molecule has 2 aromatic rings. The molecule has 1 amide bonds. The van der Waals surface area contributed by atoms with Gasteiger partial charge in [-0.25, -0.2) is 0 Å². The van der Waals surface area contributed by atoms with Crippen LogP contribution in [0.1, 0.15) is 15.9 Å². The van der Waals surface area contributed by atoms with Gasteiger partial charge < -0.3 is 10.6 Å². The summed E-state index contributed by atoms with van der Waals surface area (Å²) in [5.41, 5.74) is 1.79. The molecular formula is C16H16ClN3O3. The van der Waals surface area contributed by atoms with Crippen molar-refractivity contribution < 1.29 is 9.72 Å². The van der Waals surface area contributed by atoms with Gasteiger partial charge in [-0.15, -0.1) is 0 Å². The Morgan fingerprint density at radius 1 is 1.22 bits per heavy atom. The molecule has 0 aromatic heterocycles. The number of nitro groups is 1. The minimum absolute atomic E-state index is 0.119. The largest absolute Gasteiger partial charge is 0.384 e. The number of carbonyl (C=O) groups is 1. The molecule has 0 aliphatic carbocycles. The van der Waals surface area contributed by atoms with Crippen molar-refractivity contribution in [2.24, 2.45) is 0 Å². The molecule has 0 heterocycles. The first-order valence-electron chi connectivity index (χ1n) is 7.00. The molecule has 0 fully saturated rings. The highest BCUT2D eigenvalue weighted by molar-refractivity contribution is 6.30. The number of non-ortho nitro benzene ring substituents is 1. The maximum absolute atomic E-state index is 11.9. The van der Waals surface area contributed by atoms with Crippen molar-refractivity contribution in [2.45, 2.75) is 6.42 Å². The molecule has 0 aliphatic heterocycles. The fourth-order valence-electron chi connectivity index (χ4n) is 2.12. The number of nitro benzene ring substituents is 1. The van der Waals surface area contributed by atoms with Gasteiger partial charge in [0.05, 0.1) is 10.5 Å². The minimum Gasteiger partial charge on any atom is -0.384 e. The number of halogens is 1. The molecule has 2 rings (SSSR count). The molecule has 23 heavy (non-hydrogen) atoms. The number of nitrogens with one attached hydrogen (secondary N) is 2. The molecule has 6 nitrogen and oxygen atoms in total. The normalized spacial score (nSPS) is 10.2. The van der Waals surface area contributed by atoms with Crippen LogP contribution in [0.5, 0.6) is 0 Å². The van der Waals surface area contributed by atoms with Crippen LogP contribution >= 0.6 is 11.6 Å². The van der Waals surface area contributed by atoms with Gasteiger partial charge in [0.15, 0.2) is 0 Å². The predicted molar refractivity (Wildman–Crippen MR) is 90.1 cm³/mol. The number of amides is 1. The zero-order chi connectivity index (χ0) is 16.8. The highest BCUT2D eigenvalue weighted by Crippen LogP contribution is 2.22. The fourth-order valence-corrected chi connectivity index (χ4v) is 2.24. The van der Waals surface area contributed by atoms with Gasteiger partial charge in [-0.05, 0) is 30.2 Å². The lowest BCUT2D eigenvalue weighted by Gasteiger charge is -2.11. The molecular weight excluding hydrogens is 318 g/mol. The standard InChI is InChI=1S/C16H16ClN3O3/c1-18-16(21)14-10-13(20(22)23)6-7-15(14)19-9-8-11-2-4-12(17)5-3-11/h2-7,10,19H,8-9H2,1H3,(H,18,21). The summed E-state index contributed by atoms with van der Waals surface area (Å²) in [7, 11) is 1.48. The number of carbonyl (C=O) groups excluding carboxylic acids is 1. The van der Waals surface area contributed by atoms with Gasteiger partial charge in [-0.2, -0.15) is 0 Å². The Morgan fingerprint density at radius 2 is 1.91 bits per heavy atom. The first kappa shape index (κ1) is 16.8. The maximum Gasteiger partial charge on any atom is 0.270 e. The molecule has 0 aliphatic rings. The highest BCUT2D eigenvalue weighted by atomic mass is 35.5. The second-order valence-electron chi connectivity index (χ2n) is 4.87. The summed E-state index contributed by atoms with van der Waals surface area (Å²) >= 11 is 5.84. The Hall–Kier alpha value is -2.60. The lowest BCUT2D eigenvalue weighted by atomic mass is 10.1. The average molecular weight is 334 g/mol. The molecule has 2 N–H and O–H groups in total. The van der Waals surface area contributed by atoms with Gasteiger partial charge in [-0.1, -0.05) is 23.7 Å². The lowest BCUT2D eigenvalue weighted by Crippen LogP contribution is -2.20. The van der Waals surface area contributed by atoms with E-state index in [1.54, 1.807) is 6.07 Å². The number of nitrogens with zero attached hydrogens (tertiary/aromatic N) is 1. The third-order valence-corrected chi connectivity index (χ3v) is 3.58. The molecule has 0 saturated carbocycles. The SMILES string of the molecule is CNC(=O)c1cc([N+](=O)[O-])ccc1NCCc1ccc(Cl)cc1. The van der Waals surface area contributed by atoms with Crippen LogP contribution in [0.15, 0.2) is 42.5 Å². The van der Waals surface area contributed by atoms with E-state index in [0.29, 0.717) is 17.3 Å². The Kier molecular flexibility index (Phi) is 5.54. The lowest BCUT2D eigenvalue weighted by molar-refractivity contribution is -0.384. The number of rotatable bonds is 6. The first-order chi connectivity index (χ1) is 11.0. The zero-order valence-corrected chi connectivity index (χ0v) is 13.3. The molecule has 0 unspecified atom stereocenters.